The van der Waals surface area contributed by atoms with Gasteiger partial charge >= 0.3 is 18.2 Å². The molecular weight excluding hydrogens is 593 g/mol. The first-order valence-electron chi connectivity index (χ1n) is 14.2. The van der Waals surface area contributed by atoms with E-state index in [0.717, 1.165) is 29.8 Å². The summed E-state index contributed by atoms with van der Waals surface area (Å²) >= 11 is 0. The molecule has 0 aliphatic carbocycles. The van der Waals surface area contributed by atoms with Crippen molar-refractivity contribution in [2.24, 2.45) is 5.92 Å². The van der Waals surface area contributed by atoms with Gasteiger partial charge in [-0.1, -0.05) is 25.1 Å². The van der Waals surface area contributed by atoms with Crippen LogP contribution in [0.2, 0.25) is 0 Å². The van der Waals surface area contributed by atoms with Gasteiger partial charge < -0.3 is 30.5 Å². The second-order valence-corrected chi connectivity index (χ2v) is 11.2. The molecule has 240 valence electrons. The minimum absolute atomic E-state index is 0.121. The molecule has 4 rings (SSSR count). The predicted octanol–water partition coefficient (Wildman–Crippen LogP) is 5.40. The maximum Gasteiger partial charge on any atom is 0.416 e. The van der Waals surface area contributed by atoms with Crippen molar-refractivity contribution >= 4 is 29.3 Å². The van der Waals surface area contributed by atoms with Crippen LogP contribution in [0.4, 0.5) is 29.3 Å². The Morgan fingerprint density at radius 2 is 1.73 bits per heavy atom. The van der Waals surface area contributed by atoms with Crippen molar-refractivity contribution in [2.75, 3.05) is 37.4 Å². The number of urea groups is 1. The molecule has 1 aliphatic heterocycles. The molecule has 0 fully saturated rings. The van der Waals surface area contributed by atoms with E-state index in [1.165, 1.54) is 12.1 Å². The highest BCUT2D eigenvalue weighted by Crippen LogP contribution is 2.35. The fraction of sp³-hybridized carbons (Fsp3) is 0.344. The van der Waals surface area contributed by atoms with E-state index in [1.54, 1.807) is 42.2 Å². The summed E-state index contributed by atoms with van der Waals surface area (Å²) in [5.74, 6) is -1.51. The number of alkyl halides is 3. The van der Waals surface area contributed by atoms with E-state index in [4.69, 9.17) is 4.74 Å². The lowest BCUT2D eigenvalue weighted by atomic mass is 9.98. The summed E-state index contributed by atoms with van der Waals surface area (Å²) in [6.07, 6.45) is -5.01. The number of rotatable bonds is 9. The number of aliphatic hydroxyl groups is 1. The lowest BCUT2D eigenvalue weighted by molar-refractivity contribution is -0.137. The third-order valence-electron chi connectivity index (χ3n) is 7.55. The van der Waals surface area contributed by atoms with Gasteiger partial charge in [-0.25, -0.2) is 9.59 Å². The van der Waals surface area contributed by atoms with Crippen LogP contribution < -0.4 is 15.4 Å². The van der Waals surface area contributed by atoms with Crippen LogP contribution in [0.5, 0.6) is 5.75 Å². The Morgan fingerprint density at radius 3 is 2.33 bits per heavy atom. The van der Waals surface area contributed by atoms with Crippen molar-refractivity contribution in [3.05, 3.63) is 89.0 Å². The molecule has 1 heterocycles. The molecule has 0 aromatic heterocycles. The Hall–Kier alpha value is -4.62. The molecule has 4 N–H and O–H groups in total. The minimum atomic E-state index is -4.51. The number of halogens is 3. The summed E-state index contributed by atoms with van der Waals surface area (Å²) in [7, 11) is 1.88. The van der Waals surface area contributed by atoms with Gasteiger partial charge in [0.05, 0.1) is 35.0 Å². The number of carbonyl (C=O) groups excluding carboxylic acids is 2. The normalized spacial score (nSPS) is 17.5. The Bertz CT molecular complexity index is 1510. The zero-order chi connectivity index (χ0) is 32.9. The number of likely N-dealkylation sites (N-methyl/N-ethyl adjacent to an activating group) is 1. The number of para-hydroxylation sites is 1. The predicted molar refractivity (Wildman–Crippen MR) is 161 cm³/mol. The lowest BCUT2D eigenvalue weighted by Gasteiger charge is -2.38. The number of fused-ring (bicyclic) bond motifs is 1. The van der Waals surface area contributed by atoms with Crippen molar-refractivity contribution in [2.45, 2.75) is 38.7 Å². The summed E-state index contributed by atoms with van der Waals surface area (Å²) in [5, 5.41) is 24.2. The van der Waals surface area contributed by atoms with Crippen molar-refractivity contribution < 1.29 is 42.5 Å². The molecular formula is C32H35F3N4O6. The standard InChI is InChI=1S/C32H35F3N4O6/c1-19-15-39(20(2)18-40)29(41)25-5-4-6-26(37-31(44)36-24-13-11-23(12-14-24)32(33,34)35)28(25)45-27(19)17-38(3)16-21-7-9-22(10-8-21)30(42)43/h4-14,19-20,27,40H,15-18H2,1-3H3,(H,42,43)(H2,36,37,44)/t19-,20+,27+/m0/s1. The van der Waals surface area contributed by atoms with Crippen molar-refractivity contribution in [3.63, 3.8) is 0 Å². The van der Waals surface area contributed by atoms with E-state index in [9.17, 15) is 37.8 Å². The number of benzene rings is 3. The SMILES string of the molecule is C[C@H](CO)N1C[C@H](C)[C@@H](CN(C)Cc2ccc(C(=O)O)cc2)Oc2c(NC(=O)Nc3ccc(C(F)(F)F)cc3)cccc2C1=O. The smallest absolute Gasteiger partial charge is 0.416 e. The quantitative estimate of drug-likeness (QED) is 0.250. The van der Waals surface area contributed by atoms with E-state index in [-0.39, 0.29) is 47.3 Å². The van der Waals surface area contributed by atoms with Gasteiger partial charge in [-0.2, -0.15) is 13.2 Å². The number of hydrogen-bond acceptors (Lipinski definition) is 6. The maximum atomic E-state index is 13.7. The number of nitrogens with one attached hydrogen (secondary N) is 2. The largest absolute Gasteiger partial charge is 0.486 e. The van der Waals surface area contributed by atoms with E-state index in [0.29, 0.717) is 13.1 Å². The Morgan fingerprint density at radius 1 is 1.07 bits per heavy atom. The molecule has 13 heteroatoms. The summed E-state index contributed by atoms with van der Waals surface area (Å²) in [6, 6.07) is 13.9. The first kappa shape index (κ1) is 33.3. The lowest BCUT2D eigenvalue weighted by Crippen LogP contribution is -2.49. The van der Waals surface area contributed by atoms with Crippen molar-refractivity contribution in [1.82, 2.24) is 9.80 Å². The van der Waals surface area contributed by atoms with Gasteiger partial charge in [0, 0.05) is 31.2 Å². The van der Waals surface area contributed by atoms with Crippen LogP contribution >= 0.6 is 0 Å². The Labute approximate surface area is 258 Å². The average molecular weight is 629 g/mol. The van der Waals surface area contributed by atoms with Gasteiger partial charge in [0.25, 0.3) is 5.91 Å². The summed E-state index contributed by atoms with van der Waals surface area (Å²) < 4.78 is 45.3. The number of amides is 3. The van der Waals surface area contributed by atoms with Crippen molar-refractivity contribution in [1.29, 1.82) is 0 Å². The third-order valence-corrected chi connectivity index (χ3v) is 7.55. The molecule has 3 atom stereocenters. The third kappa shape index (κ3) is 8.31. The number of carboxylic acids is 1. The molecule has 3 amide bonds. The molecule has 0 bridgehead atoms. The molecule has 3 aromatic rings. The van der Waals surface area contributed by atoms with Gasteiger partial charge in [-0.15, -0.1) is 0 Å². The fourth-order valence-electron chi connectivity index (χ4n) is 5.02. The van der Waals surface area contributed by atoms with Gasteiger partial charge in [0.15, 0.2) is 5.75 Å². The molecule has 3 aromatic carbocycles. The van der Waals surface area contributed by atoms with E-state index >= 15 is 0 Å². The van der Waals surface area contributed by atoms with Gasteiger partial charge in [0.1, 0.15) is 6.10 Å². The van der Waals surface area contributed by atoms with Crippen LogP contribution in [-0.4, -0.2) is 76.8 Å². The van der Waals surface area contributed by atoms with Crippen LogP contribution in [0.15, 0.2) is 66.7 Å². The number of aliphatic hydroxyl groups excluding tert-OH is 1. The minimum Gasteiger partial charge on any atom is -0.486 e. The zero-order valence-corrected chi connectivity index (χ0v) is 25.0. The highest BCUT2D eigenvalue weighted by atomic mass is 19.4. The first-order chi connectivity index (χ1) is 21.3. The molecule has 0 radical (unpaired) electrons. The van der Waals surface area contributed by atoms with E-state index in [2.05, 4.69) is 10.6 Å². The van der Waals surface area contributed by atoms with E-state index in [1.807, 2.05) is 18.9 Å². The monoisotopic (exact) mass is 628 g/mol. The molecule has 0 unspecified atom stereocenters. The van der Waals surface area contributed by atoms with Crippen LogP contribution in [0.1, 0.15) is 45.7 Å². The number of anilines is 2. The van der Waals surface area contributed by atoms with Crippen LogP contribution in [0, 0.1) is 5.92 Å². The summed E-state index contributed by atoms with van der Waals surface area (Å²) in [4.78, 5) is 41.4. The topological polar surface area (TPSA) is 131 Å². The van der Waals surface area contributed by atoms with Crippen molar-refractivity contribution in [3.8, 4) is 5.75 Å². The molecule has 1 aliphatic rings. The average Bonchev–Trinajstić information content (AvgIpc) is 2.99. The zero-order valence-electron chi connectivity index (χ0n) is 25.0. The number of hydrogen-bond donors (Lipinski definition) is 4. The number of aromatic carboxylic acids is 1. The molecule has 0 spiro atoms. The second kappa shape index (κ2) is 14.0. The molecule has 0 saturated carbocycles. The fourth-order valence-corrected chi connectivity index (χ4v) is 5.02. The van der Waals surface area contributed by atoms with Gasteiger partial charge in [0.2, 0.25) is 0 Å². The van der Waals surface area contributed by atoms with Crippen LogP contribution in [0.25, 0.3) is 0 Å². The number of ether oxygens (including phenoxy) is 1. The highest BCUT2D eigenvalue weighted by molar-refractivity contribution is 6.04. The molecule has 10 nitrogen and oxygen atoms in total. The molecule has 45 heavy (non-hydrogen) atoms. The second-order valence-electron chi connectivity index (χ2n) is 11.2. The van der Waals surface area contributed by atoms with Crippen LogP contribution in [-0.2, 0) is 12.7 Å². The number of carboxylic acid groups (broad SMARTS) is 1. The van der Waals surface area contributed by atoms with Gasteiger partial charge in [-0.05, 0) is 68.1 Å². The van der Waals surface area contributed by atoms with E-state index < -0.39 is 41.8 Å². The number of carbonyl (C=O) groups is 3. The molecule has 0 saturated heterocycles. The summed E-state index contributed by atoms with van der Waals surface area (Å²) in [5.41, 5.74) is 0.687. The summed E-state index contributed by atoms with van der Waals surface area (Å²) in [6.45, 7) is 4.54. The van der Waals surface area contributed by atoms with Crippen LogP contribution in [0.3, 0.4) is 0 Å². The Balaban J connectivity index is 1.59. The number of nitrogens with zero attached hydrogens (tertiary/aromatic N) is 2. The maximum absolute atomic E-state index is 13.7. The highest BCUT2D eigenvalue weighted by Gasteiger charge is 2.35. The first-order valence-corrected chi connectivity index (χ1v) is 14.2. The Kier molecular flexibility index (Phi) is 10.3. The van der Waals surface area contributed by atoms with Gasteiger partial charge in [-0.3, -0.25) is 9.69 Å².